The van der Waals surface area contributed by atoms with Crippen molar-refractivity contribution < 1.29 is 74.8 Å². The average molecular weight is 268 g/mol. The Kier molecular flexibility index (Phi) is 8.47. The monoisotopic (exact) mass is 268 g/mol. The Labute approximate surface area is 140 Å². The van der Waals surface area contributed by atoms with Gasteiger partial charge in [0.2, 0.25) is 0 Å². The molecule has 0 unspecified atom stereocenters. The fourth-order valence-electron chi connectivity index (χ4n) is 1.10. The zero-order valence-corrected chi connectivity index (χ0v) is 12.9. The van der Waals surface area contributed by atoms with Crippen LogP contribution in [-0.4, -0.2) is 22.7 Å². The van der Waals surface area contributed by atoms with Gasteiger partial charge in [-0.3, -0.25) is 4.79 Å². The number of benzene rings is 1. The molecule has 5 nitrogen and oxygen atoms in total. The van der Waals surface area contributed by atoms with E-state index in [-0.39, 0.29) is 75.9 Å². The summed E-state index contributed by atoms with van der Waals surface area (Å²) in [6.07, 6.45) is -0.0961. The van der Waals surface area contributed by atoms with E-state index in [0.29, 0.717) is 11.3 Å². The van der Waals surface area contributed by atoms with Crippen LogP contribution in [0.3, 0.4) is 0 Å². The predicted octanol–water partition coefficient (Wildman–Crippen LogP) is -1.52. The third-order valence-electron chi connectivity index (χ3n) is 1.71. The van der Waals surface area contributed by atoms with Gasteiger partial charge in [0.15, 0.2) is 11.5 Å². The number of carboxylic acids is 1. The number of aliphatic carboxylic acids is 1. The van der Waals surface area contributed by atoms with Crippen molar-refractivity contribution in [2.24, 2.45) is 0 Å². The van der Waals surface area contributed by atoms with Gasteiger partial charge >= 0.3 is 57.4 Å². The minimum atomic E-state index is -0.927. The Balaban J connectivity index is 0.00000225. The van der Waals surface area contributed by atoms with Crippen molar-refractivity contribution in [2.45, 2.75) is 6.42 Å². The first-order valence-corrected chi connectivity index (χ1v) is 4.69. The van der Waals surface area contributed by atoms with Crippen LogP contribution in [0.4, 0.5) is 0 Å². The van der Waals surface area contributed by atoms with Crippen LogP contribution in [0.1, 0.15) is 5.56 Å². The van der Waals surface area contributed by atoms with Crippen LogP contribution in [0.15, 0.2) is 18.2 Å². The van der Waals surface area contributed by atoms with E-state index in [0.717, 1.165) is 0 Å². The van der Waals surface area contributed by atoms with Crippen LogP contribution in [0.2, 0.25) is 0 Å². The van der Waals surface area contributed by atoms with Gasteiger partial charge in [-0.25, -0.2) is 0 Å². The predicted molar refractivity (Wildman–Crippen MR) is 53.3 cm³/mol. The maximum atomic E-state index is 10.5. The van der Waals surface area contributed by atoms with Gasteiger partial charge in [0, 0.05) is 0 Å². The van der Waals surface area contributed by atoms with Gasteiger partial charge in [-0.2, -0.15) is 0 Å². The second-order valence-electron chi connectivity index (χ2n) is 2.71. The maximum absolute atomic E-state index is 10.5. The second-order valence-corrected chi connectivity index (χ2v) is 3.01. The molecule has 0 saturated carbocycles. The topological polar surface area (TPSA) is 78.8 Å². The summed E-state index contributed by atoms with van der Waals surface area (Å²) in [5.41, 5.74) is 0.586. The number of carboxylic acid groups (broad SMARTS) is 1. The molecule has 0 aliphatic rings. The van der Waals surface area contributed by atoms with Gasteiger partial charge < -0.3 is 18.6 Å². The van der Waals surface area contributed by atoms with E-state index < -0.39 is 5.97 Å². The fraction of sp³-hybridized carbons (Fsp3) is 0.222. The summed E-state index contributed by atoms with van der Waals surface area (Å²) < 4.78 is 19.8. The first kappa shape index (κ1) is 16.2. The second kappa shape index (κ2) is 8.35. The zero-order chi connectivity index (χ0) is 11.3. The van der Waals surface area contributed by atoms with E-state index in [1.807, 2.05) is 0 Å². The Morgan fingerprint density at radius 1 is 1.50 bits per heavy atom. The molecule has 82 valence electrons. The molecule has 0 fully saturated rings. The van der Waals surface area contributed by atoms with Crippen molar-refractivity contribution in [1.29, 1.82) is 0 Å². The molecule has 1 aromatic carbocycles. The maximum Gasteiger partial charge on any atom is 1.00 e. The molecule has 1 N–H and O–H groups in total. The number of ether oxygens (including phenoxy) is 1. The van der Waals surface area contributed by atoms with Crippen LogP contribution in [0, 0.1) is 0 Å². The van der Waals surface area contributed by atoms with Crippen molar-refractivity contribution in [3.05, 3.63) is 23.8 Å². The number of methoxy groups -OCH3 is 1. The minimum absolute atomic E-state index is 0. The first-order chi connectivity index (χ1) is 7.17. The van der Waals surface area contributed by atoms with Crippen molar-refractivity contribution in [3.8, 4) is 11.5 Å². The molecule has 0 aliphatic heterocycles. The molecule has 0 spiro atoms. The zero-order valence-electron chi connectivity index (χ0n) is 8.93. The van der Waals surface area contributed by atoms with Gasteiger partial charge in [0.05, 0.1) is 13.5 Å². The molecular formula is C9H9KO5S. The fourth-order valence-corrected chi connectivity index (χ4v) is 1.31. The van der Waals surface area contributed by atoms with Crippen LogP contribution in [0.25, 0.3) is 0 Å². The molecule has 16 heavy (non-hydrogen) atoms. The molecular weight excluding hydrogens is 259 g/mol. The van der Waals surface area contributed by atoms with E-state index in [4.69, 9.17) is 9.84 Å². The van der Waals surface area contributed by atoms with Gasteiger partial charge in [0.1, 0.15) is 0 Å². The molecule has 0 heterocycles. The standard InChI is InChI=1S/C9H10O5S.K/c1-13-8-4-6(5-9(10)11)2-3-7(8)14-15-12;/h2-4,12H,5H2,1H3,(H,10,11);/q;+1/p-1. The number of hydrogen-bond acceptors (Lipinski definition) is 5. The van der Waals surface area contributed by atoms with Crippen LogP contribution < -0.4 is 60.3 Å². The van der Waals surface area contributed by atoms with Gasteiger partial charge in [-0.1, -0.05) is 6.07 Å². The van der Waals surface area contributed by atoms with E-state index >= 15 is 0 Å². The summed E-state index contributed by atoms with van der Waals surface area (Å²) in [5.74, 6) is -0.298. The van der Waals surface area contributed by atoms with Gasteiger partial charge in [0.25, 0.3) is 0 Å². The molecule has 1 aromatic rings. The largest absolute Gasteiger partial charge is 1.00 e. The van der Waals surface area contributed by atoms with E-state index in [1.165, 1.54) is 19.2 Å². The summed E-state index contributed by atoms with van der Waals surface area (Å²) in [7, 11) is 1.42. The number of rotatable bonds is 5. The molecule has 0 aliphatic carbocycles. The van der Waals surface area contributed by atoms with E-state index in [1.54, 1.807) is 6.07 Å². The average Bonchev–Trinajstić information content (AvgIpc) is 2.20. The Hall–Kier alpha value is 0.236. The molecule has 1 rings (SSSR count). The summed E-state index contributed by atoms with van der Waals surface area (Å²) >= 11 is -0.0423. The molecule has 0 atom stereocenters. The Morgan fingerprint density at radius 3 is 2.69 bits per heavy atom. The van der Waals surface area contributed by atoms with Crippen LogP contribution in [0.5, 0.6) is 11.5 Å². The third-order valence-corrected chi connectivity index (χ3v) is 1.95. The van der Waals surface area contributed by atoms with Crippen LogP contribution in [-0.2, 0) is 11.2 Å². The summed E-state index contributed by atoms with van der Waals surface area (Å²) in [6.45, 7) is 0. The summed E-state index contributed by atoms with van der Waals surface area (Å²) in [4.78, 5) is 10.5. The SMILES string of the molecule is COc1cc(CC(=O)O)ccc1OS[O-].[K+]. The normalized spacial score (nSPS) is 9.12. The third kappa shape index (κ3) is 5.04. The first-order valence-electron chi connectivity index (χ1n) is 4.02. The van der Waals surface area contributed by atoms with Crippen LogP contribution >= 0.6 is 12.3 Å². The van der Waals surface area contributed by atoms with Crippen molar-refractivity contribution in [2.75, 3.05) is 7.11 Å². The molecule has 7 heteroatoms. The molecule has 0 bridgehead atoms. The Bertz CT molecular complexity index is 358. The van der Waals surface area contributed by atoms with Crippen molar-refractivity contribution >= 4 is 18.3 Å². The van der Waals surface area contributed by atoms with Crippen molar-refractivity contribution in [3.63, 3.8) is 0 Å². The quantitative estimate of drug-likeness (QED) is 0.516. The summed E-state index contributed by atoms with van der Waals surface area (Å²) in [5, 5.41) is 8.58. The minimum Gasteiger partial charge on any atom is -0.766 e. The molecule has 0 saturated heterocycles. The van der Waals surface area contributed by atoms with E-state index in [2.05, 4.69) is 4.18 Å². The van der Waals surface area contributed by atoms with E-state index in [9.17, 15) is 9.35 Å². The van der Waals surface area contributed by atoms with Gasteiger partial charge in [-0.05, 0) is 30.0 Å². The number of hydrogen-bond donors (Lipinski definition) is 1. The smallest absolute Gasteiger partial charge is 0.766 e. The summed E-state index contributed by atoms with van der Waals surface area (Å²) in [6, 6.07) is 4.60. The number of carbonyl (C=O) groups is 1. The van der Waals surface area contributed by atoms with Crippen molar-refractivity contribution in [1.82, 2.24) is 0 Å². The molecule has 0 radical (unpaired) electrons. The molecule has 0 amide bonds. The van der Waals surface area contributed by atoms with Gasteiger partial charge in [-0.15, -0.1) is 0 Å². The Morgan fingerprint density at radius 2 is 2.19 bits per heavy atom. The molecule has 0 aromatic heterocycles.